The number of sulfonamides is 2. The molecule has 34 heavy (non-hydrogen) atoms. The molecule has 2 aromatic rings. The molecule has 0 radical (unpaired) electrons. The molecule has 1 aliphatic carbocycles. The van der Waals surface area contributed by atoms with Crippen LogP contribution in [0.25, 0.3) is 0 Å². The summed E-state index contributed by atoms with van der Waals surface area (Å²) in [5.74, 6) is 0.241. The fraction of sp³-hybridized carbons (Fsp3) is 0.458. The first kappa shape index (κ1) is 23.3. The topological polar surface area (TPSA) is 104 Å². The number of rotatable bonds is 6. The third-order valence-electron chi connectivity index (χ3n) is 6.76. The van der Waals surface area contributed by atoms with Gasteiger partial charge in [0.1, 0.15) is 0 Å². The Hall–Kier alpha value is -2.43. The molecule has 1 saturated heterocycles. The van der Waals surface area contributed by atoms with E-state index in [1.165, 1.54) is 34.6 Å². The number of anilines is 2. The first-order chi connectivity index (χ1) is 16.3. The normalized spacial score (nSPS) is 19.5. The number of hydrogen-bond acceptors (Lipinski definition) is 5. The SMILES string of the molecule is O=C(C1CC1)N1CCc2cc(S(=O)(=O)Nc3ccc(S(=O)(=O)N4CCCCCC4)cc3)ccc21. The fourth-order valence-corrected chi connectivity index (χ4v) is 7.29. The van der Waals surface area contributed by atoms with Crippen LogP contribution in [0.4, 0.5) is 11.4 Å². The molecule has 2 aliphatic heterocycles. The average Bonchev–Trinajstić information content (AvgIpc) is 3.62. The van der Waals surface area contributed by atoms with Gasteiger partial charge in [0.05, 0.1) is 9.79 Å². The molecule has 1 N–H and O–H groups in total. The lowest BCUT2D eigenvalue weighted by Gasteiger charge is -2.20. The predicted molar refractivity (Wildman–Crippen MR) is 130 cm³/mol. The van der Waals surface area contributed by atoms with E-state index >= 15 is 0 Å². The summed E-state index contributed by atoms with van der Waals surface area (Å²) in [6, 6.07) is 10.7. The zero-order valence-corrected chi connectivity index (χ0v) is 20.6. The van der Waals surface area contributed by atoms with Gasteiger partial charge in [-0.3, -0.25) is 9.52 Å². The number of carbonyl (C=O) groups excluding carboxylic acids is 1. The molecule has 2 heterocycles. The summed E-state index contributed by atoms with van der Waals surface area (Å²) in [6.45, 7) is 1.60. The molecular formula is C24H29N3O5S2. The molecule has 2 aromatic carbocycles. The van der Waals surface area contributed by atoms with Gasteiger partial charge in [0.15, 0.2) is 0 Å². The Kier molecular flexibility index (Phi) is 6.16. The summed E-state index contributed by atoms with van der Waals surface area (Å²) in [7, 11) is -7.46. The van der Waals surface area contributed by atoms with Crippen LogP contribution in [0.1, 0.15) is 44.1 Å². The Balaban J connectivity index is 1.31. The Labute approximate surface area is 201 Å². The quantitative estimate of drug-likeness (QED) is 0.651. The van der Waals surface area contributed by atoms with Crippen LogP contribution in [0.3, 0.4) is 0 Å². The van der Waals surface area contributed by atoms with Crippen LogP contribution in [-0.2, 0) is 31.3 Å². The van der Waals surface area contributed by atoms with Gasteiger partial charge in [-0.2, -0.15) is 4.31 Å². The van der Waals surface area contributed by atoms with Crippen LogP contribution in [-0.4, -0.2) is 46.7 Å². The number of fused-ring (bicyclic) bond motifs is 1. The van der Waals surface area contributed by atoms with E-state index in [1.54, 1.807) is 17.0 Å². The van der Waals surface area contributed by atoms with Gasteiger partial charge < -0.3 is 4.90 Å². The van der Waals surface area contributed by atoms with Gasteiger partial charge in [0.2, 0.25) is 15.9 Å². The van der Waals surface area contributed by atoms with Gasteiger partial charge >= 0.3 is 0 Å². The Bertz CT molecular complexity index is 1290. The van der Waals surface area contributed by atoms with Gasteiger partial charge in [0, 0.05) is 36.9 Å². The van der Waals surface area contributed by atoms with E-state index in [4.69, 9.17) is 0 Å². The van der Waals surface area contributed by atoms with Crippen LogP contribution >= 0.6 is 0 Å². The average molecular weight is 504 g/mol. The molecule has 8 nitrogen and oxygen atoms in total. The van der Waals surface area contributed by atoms with E-state index in [0.29, 0.717) is 31.7 Å². The zero-order chi connectivity index (χ0) is 23.9. The molecule has 0 spiro atoms. The molecule has 0 unspecified atom stereocenters. The molecule has 0 atom stereocenters. The second kappa shape index (κ2) is 8.98. The monoisotopic (exact) mass is 503 g/mol. The van der Waals surface area contributed by atoms with Gasteiger partial charge in [-0.1, -0.05) is 12.8 Å². The second-order valence-corrected chi connectivity index (χ2v) is 12.9. The third kappa shape index (κ3) is 4.58. The van der Waals surface area contributed by atoms with E-state index in [1.807, 2.05) is 0 Å². The van der Waals surface area contributed by atoms with E-state index in [0.717, 1.165) is 49.8 Å². The highest BCUT2D eigenvalue weighted by Gasteiger charge is 2.36. The van der Waals surface area contributed by atoms with Crippen molar-refractivity contribution in [1.82, 2.24) is 4.31 Å². The van der Waals surface area contributed by atoms with Gasteiger partial charge in [0.25, 0.3) is 10.0 Å². The Morgan fingerprint density at radius 1 is 0.824 bits per heavy atom. The zero-order valence-electron chi connectivity index (χ0n) is 18.9. The maximum absolute atomic E-state index is 13.0. The van der Waals surface area contributed by atoms with Crippen molar-refractivity contribution in [1.29, 1.82) is 0 Å². The number of benzene rings is 2. The summed E-state index contributed by atoms with van der Waals surface area (Å²) >= 11 is 0. The molecule has 1 saturated carbocycles. The third-order valence-corrected chi connectivity index (χ3v) is 10.1. The van der Waals surface area contributed by atoms with E-state index in [2.05, 4.69) is 4.72 Å². The van der Waals surface area contributed by atoms with Crippen LogP contribution in [0.15, 0.2) is 52.3 Å². The number of amides is 1. The Morgan fingerprint density at radius 3 is 2.12 bits per heavy atom. The van der Waals surface area contributed by atoms with Crippen molar-refractivity contribution in [2.45, 2.75) is 54.7 Å². The second-order valence-electron chi connectivity index (χ2n) is 9.25. The number of carbonyl (C=O) groups is 1. The molecule has 1 amide bonds. The minimum atomic E-state index is -3.86. The number of nitrogens with zero attached hydrogens (tertiary/aromatic N) is 2. The molecule has 182 valence electrons. The standard InChI is InChI=1S/C24H29N3O5S2/c28-24(18-5-6-18)27-16-13-19-17-22(11-12-23(19)27)33(29,30)25-20-7-9-21(10-8-20)34(31,32)26-14-3-1-2-4-15-26/h7-12,17-18,25H,1-6,13-16H2. The summed E-state index contributed by atoms with van der Waals surface area (Å²) in [5, 5.41) is 0. The Morgan fingerprint density at radius 2 is 1.47 bits per heavy atom. The number of nitrogens with one attached hydrogen (secondary N) is 1. The molecule has 2 fully saturated rings. The lowest BCUT2D eigenvalue weighted by molar-refractivity contribution is -0.119. The summed E-state index contributed by atoms with van der Waals surface area (Å²) in [4.78, 5) is 14.5. The molecular weight excluding hydrogens is 474 g/mol. The van der Waals surface area contributed by atoms with Crippen LogP contribution in [0.2, 0.25) is 0 Å². The molecule has 3 aliphatic rings. The summed E-state index contributed by atoms with van der Waals surface area (Å²) < 4.78 is 55.9. The molecule has 5 rings (SSSR count). The fourth-order valence-electron chi connectivity index (χ4n) is 4.67. The van der Waals surface area contributed by atoms with Crippen molar-refractivity contribution in [3.8, 4) is 0 Å². The van der Waals surface area contributed by atoms with Crippen molar-refractivity contribution in [2.24, 2.45) is 5.92 Å². The molecule has 0 bridgehead atoms. The highest BCUT2D eigenvalue weighted by Crippen LogP contribution is 2.37. The maximum Gasteiger partial charge on any atom is 0.261 e. The van der Waals surface area contributed by atoms with Crippen molar-refractivity contribution in [3.05, 3.63) is 48.0 Å². The first-order valence-corrected chi connectivity index (χ1v) is 14.8. The smallest absolute Gasteiger partial charge is 0.261 e. The van der Waals surface area contributed by atoms with Crippen LogP contribution in [0.5, 0.6) is 0 Å². The molecule has 0 aromatic heterocycles. The van der Waals surface area contributed by atoms with E-state index in [9.17, 15) is 21.6 Å². The van der Waals surface area contributed by atoms with Crippen molar-refractivity contribution in [3.63, 3.8) is 0 Å². The molecule has 10 heteroatoms. The van der Waals surface area contributed by atoms with Gasteiger partial charge in [-0.25, -0.2) is 16.8 Å². The minimum Gasteiger partial charge on any atom is -0.312 e. The minimum absolute atomic E-state index is 0.113. The van der Waals surface area contributed by atoms with Gasteiger partial charge in [-0.15, -0.1) is 0 Å². The van der Waals surface area contributed by atoms with Crippen LogP contribution < -0.4 is 9.62 Å². The highest BCUT2D eigenvalue weighted by atomic mass is 32.2. The number of hydrogen-bond donors (Lipinski definition) is 1. The lowest BCUT2D eigenvalue weighted by Crippen LogP contribution is -2.31. The maximum atomic E-state index is 13.0. The van der Waals surface area contributed by atoms with Gasteiger partial charge in [-0.05, 0) is 80.1 Å². The van der Waals surface area contributed by atoms with Crippen molar-refractivity contribution < 1.29 is 21.6 Å². The highest BCUT2D eigenvalue weighted by molar-refractivity contribution is 7.92. The lowest BCUT2D eigenvalue weighted by atomic mass is 10.2. The van der Waals surface area contributed by atoms with E-state index < -0.39 is 20.0 Å². The summed E-state index contributed by atoms with van der Waals surface area (Å²) in [5.41, 5.74) is 1.93. The van der Waals surface area contributed by atoms with Crippen molar-refractivity contribution >= 4 is 37.3 Å². The largest absolute Gasteiger partial charge is 0.312 e. The van der Waals surface area contributed by atoms with Crippen LogP contribution in [0, 0.1) is 5.92 Å². The predicted octanol–water partition coefficient (Wildman–Crippen LogP) is 3.35. The van der Waals surface area contributed by atoms with Crippen molar-refractivity contribution in [2.75, 3.05) is 29.3 Å². The summed E-state index contributed by atoms with van der Waals surface area (Å²) in [6.07, 6.45) is 6.25. The van der Waals surface area contributed by atoms with E-state index in [-0.39, 0.29) is 21.6 Å². The first-order valence-electron chi connectivity index (χ1n) is 11.8.